The van der Waals surface area contributed by atoms with Gasteiger partial charge in [0.2, 0.25) is 0 Å². The first-order valence-corrected chi connectivity index (χ1v) is 15.0. The number of aliphatic hydroxyl groups excluding tert-OH is 1. The summed E-state index contributed by atoms with van der Waals surface area (Å²) in [6.45, 7) is 1.24. The summed E-state index contributed by atoms with van der Waals surface area (Å²) in [7, 11) is 1.36. The van der Waals surface area contributed by atoms with Crippen molar-refractivity contribution in [1.82, 2.24) is 4.90 Å². The van der Waals surface area contributed by atoms with Crippen LogP contribution in [0.1, 0.15) is 38.8 Å². The van der Waals surface area contributed by atoms with Crippen molar-refractivity contribution in [2.45, 2.75) is 56.9 Å². The van der Waals surface area contributed by atoms with Gasteiger partial charge in [0.05, 0.1) is 50.5 Å². The van der Waals surface area contributed by atoms with Crippen molar-refractivity contribution in [3.05, 3.63) is 103 Å². The second-order valence-electron chi connectivity index (χ2n) is 10.3. The van der Waals surface area contributed by atoms with Crippen LogP contribution in [0, 0.1) is 0 Å². The predicted molar refractivity (Wildman–Crippen MR) is 163 cm³/mol. The first-order chi connectivity index (χ1) is 21.1. The lowest BCUT2D eigenvalue weighted by Crippen LogP contribution is -2.69. The molecular weight excluding hydrogens is 656 g/mol. The molecule has 2 amide bonds. The number of fused-ring (bicyclic) bond motifs is 1. The Morgan fingerprint density at radius 2 is 1.27 bits per heavy atom. The number of imide groups is 1. The highest BCUT2D eigenvalue weighted by atomic mass is 35.5. The summed E-state index contributed by atoms with van der Waals surface area (Å²) in [5.41, 5.74) is 1.04. The van der Waals surface area contributed by atoms with Gasteiger partial charge in [-0.25, -0.2) is 0 Å². The fraction of sp³-hybridized carbons (Fsp3) is 0.323. The fourth-order valence-electron chi connectivity index (χ4n) is 5.36. The number of halogens is 4. The van der Waals surface area contributed by atoms with Gasteiger partial charge in [-0.2, -0.15) is 0 Å². The van der Waals surface area contributed by atoms with Gasteiger partial charge in [0.15, 0.2) is 12.1 Å². The van der Waals surface area contributed by atoms with E-state index in [1.54, 1.807) is 0 Å². The van der Waals surface area contributed by atoms with E-state index in [-0.39, 0.29) is 44.4 Å². The molecule has 13 heteroatoms. The van der Waals surface area contributed by atoms with E-state index in [0.717, 1.165) is 23.0 Å². The highest BCUT2D eigenvalue weighted by molar-refractivity contribution is 6.55. The second-order valence-corrected chi connectivity index (χ2v) is 11.8. The van der Waals surface area contributed by atoms with E-state index < -0.39 is 54.3 Å². The van der Waals surface area contributed by atoms with Gasteiger partial charge < -0.3 is 24.1 Å². The molecule has 6 atom stereocenters. The Bertz CT molecular complexity index is 1510. The van der Waals surface area contributed by atoms with Gasteiger partial charge in [-0.1, -0.05) is 107 Å². The summed E-state index contributed by atoms with van der Waals surface area (Å²) in [6.07, 6.45) is -6.73. The molecule has 3 aromatic carbocycles. The van der Waals surface area contributed by atoms with Crippen molar-refractivity contribution in [2.24, 2.45) is 0 Å². The zero-order valence-electron chi connectivity index (χ0n) is 23.4. The molecule has 232 valence electrons. The number of Topliss-reactive ketones (excluding diaryl/α,β-unsaturated/α-hetero) is 1. The summed E-state index contributed by atoms with van der Waals surface area (Å²) < 4.78 is 24.4. The van der Waals surface area contributed by atoms with Crippen LogP contribution in [0.2, 0.25) is 20.1 Å². The molecule has 0 bridgehead atoms. The average molecular weight is 683 g/mol. The van der Waals surface area contributed by atoms with E-state index in [1.807, 2.05) is 60.7 Å². The molecule has 0 aromatic heterocycles. The Morgan fingerprint density at radius 1 is 0.818 bits per heavy atom. The van der Waals surface area contributed by atoms with Gasteiger partial charge in [0.1, 0.15) is 24.4 Å². The van der Waals surface area contributed by atoms with Crippen LogP contribution in [-0.4, -0.2) is 71.5 Å². The monoisotopic (exact) mass is 681 g/mol. The van der Waals surface area contributed by atoms with Crippen molar-refractivity contribution in [1.29, 1.82) is 0 Å². The lowest BCUT2D eigenvalue weighted by molar-refractivity contribution is -0.304. The van der Waals surface area contributed by atoms with Crippen molar-refractivity contribution >= 4 is 64.0 Å². The van der Waals surface area contributed by atoms with Crippen LogP contribution in [0.25, 0.3) is 0 Å². The molecule has 1 unspecified atom stereocenters. The van der Waals surface area contributed by atoms with E-state index in [4.69, 9.17) is 65.4 Å². The lowest BCUT2D eigenvalue weighted by atomic mass is 9.89. The van der Waals surface area contributed by atoms with E-state index in [9.17, 15) is 19.5 Å². The van der Waals surface area contributed by atoms with E-state index in [0.29, 0.717) is 0 Å². The number of nitrogens with zero attached hydrogens (tertiary/aromatic N) is 1. The number of aliphatic hydroxyl groups is 1. The topological polar surface area (TPSA) is 112 Å². The highest BCUT2D eigenvalue weighted by Crippen LogP contribution is 2.46. The molecule has 9 nitrogen and oxygen atoms in total. The second kappa shape index (κ2) is 13.8. The maximum Gasteiger partial charge on any atom is 0.263 e. The molecule has 1 fully saturated rings. The Hall–Kier alpha value is -2.57. The van der Waals surface area contributed by atoms with Crippen LogP contribution in [0.15, 0.2) is 60.7 Å². The first kappa shape index (κ1) is 32.8. The molecule has 44 heavy (non-hydrogen) atoms. The molecule has 1 N–H and O–H groups in total. The quantitative estimate of drug-likeness (QED) is 0.163. The van der Waals surface area contributed by atoms with Crippen molar-refractivity contribution in [3.8, 4) is 0 Å². The number of methoxy groups -OCH3 is 1. The van der Waals surface area contributed by atoms with E-state index in [1.165, 1.54) is 7.11 Å². The summed E-state index contributed by atoms with van der Waals surface area (Å²) >= 11 is 25.3. The number of ether oxygens (including phenoxy) is 4. The van der Waals surface area contributed by atoms with Crippen LogP contribution in [0.3, 0.4) is 0 Å². The molecule has 0 saturated carbocycles. The summed E-state index contributed by atoms with van der Waals surface area (Å²) in [6, 6.07) is 17.0. The Kier molecular flexibility index (Phi) is 10.3. The number of carbonyl (C=O) groups is 3. The molecule has 0 aliphatic carbocycles. The van der Waals surface area contributed by atoms with E-state index in [2.05, 4.69) is 0 Å². The average Bonchev–Trinajstić information content (AvgIpc) is 3.29. The summed E-state index contributed by atoms with van der Waals surface area (Å²) in [4.78, 5) is 41.5. The molecule has 2 heterocycles. The Labute approximate surface area is 273 Å². The van der Waals surface area contributed by atoms with Gasteiger partial charge in [0.25, 0.3) is 11.8 Å². The minimum atomic E-state index is -1.79. The van der Waals surface area contributed by atoms with E-state index >= 15 is 0 Å². The van der Waals surface area contributed by atoms with Crippen LogP contribution < -0.4 is 0 Å². The highest BCUT2D eigenvalue weighted by Gasteiger charge is 2.58. The first-order valence-electron chi connectivity index (χ1n) is 13.5. The van der Waals surface area contributed by atoms with Crippen molar-refractivity contribution < 1.29 is 38.4 Å². The maximum absolute atomic E-state index is 14.0. The Balaban J connectivity index is 1.63. The predicted octanol–water partition coefficient (Wildman–Crippen LogP) is 5.76. The Morgan fingerprint density at radius 3 is 1.70 bits per heavy atom. The molecule has 3 aromatic rings. The van der Waals surface area contributed by atoms with Crippen LogP contribution >= 0.6 is 46.4 Å². The van der Waals surface area contributed by atoms with Gasteiger partial charge >= 0.3 is 0 Å². The third-order valence-corrected chi connectivity index (χ3v) is 9.32. The lowest BCUT2D eigenvalue weighted by Gasteiger charge is -2.49. The molecule has 5 rings (SSSR count). The third-order valence-electron chi connectivity index (χ3n) is 7.52. The zero-order valence-corrected chi connectivity index (χ0v) is 26.4. The zero-order chi connectivity index (χ0) is 31.7. The normalized spacial score (nSPS) is 24.0. The van der Waals surface area contributed by atoms with Crippen molar-refractivity contribution in [2.75, 3.05) is 7.11 Å². The number of amides is 2. The SMILES string of the molecule is CO[C@H]1O[C@H](C(O)C(C)=O)[C@H](N2C(=O)c3c(Cl)c(Cl)c(Cl)c(Cl)c3C2=O)[C@H](OCc2ccccc2)[C@H]1OCc1ccccc1. The number of carbonyl (C=O) groups excluding carboxylic acids is 3. The van der Waals surface area contributed by atoms with Crippen LogP contribution in [-0.2, 0) is 37.0 Å². The summed E-state index contributed by atoms with van der Waals surface area (Å²) in [5.74, 6) is -2.47. The number of benzene rings is 3. The third kappa shape index (κ3) is 6.13. The maximum atomic E-state index is 14.0. The van der Waals surface area contributed by atoms with Gasteiger partial charge in [0, 0.05) is 7.11 Å². The smallest absolute Gasteiger partial charge is 0.263 e. The molecule has 0 radical (unpaired) electrons. The number of hydrogen-bond donors (Lipinski definition) is 1. The van der Waals surface area contributed by atoms with Crippen LogP contribution in [0.5, 0.6) is 0 Å². The molecule has 2 aliphatic heterocycles. The minimum absolute atomic E-state index is 0.00879. The number of ketones is 1. The van der Waals surface area contributed by atoms with Crippen LogP contribution in [0.4, 0.5) is 0 Å². The van der Waals surface area contributed by atoms with Crippen molar-refractivity contribution in [3.63, 3.8) is 0 Å². The molecular formula is C31H27Cl4NO8. The molecule has 2 aliphatic rings. The summed E-state index contributed by atoms with van der Waals surface area (Å²) in [5, 5.41) is 10.1. The number of rotatable bonds is 10. The van der Waals surface area contributed by atoms with Gasteiger partial charge in [-0.3, -0.25) is 19.3 Å². The molecule has 1 saturated heterocycles. The minimum Gasteiger partial charge on any atom is -0.383 e. The largest absolute Gasteiger partial charge is 0.383 e. The van der Waals surface area contributed by atoms with Gasteiger partial charge in [-0.15, -0.1) is 0 Å². The molecule has 0 spiro atoms. The van der Waals surface area contributed by atoms with Gasteiger partial charge in [-0.05, 0) is 18.1 Å². The number of hydrogen-bond acceptors (Lipinski definition) is 8. The fourth-order valence-corrected chi connectivity index (χ4v) is 6.38. The standard InChI is InChI=1S/C31H27Cl4NO8/c1-15(37)25(38)26-24(36-29(39)18-19(30(36)40)21(33)23(35)22(34)20(18)32)27(42-13-16-9-5-3-6-10-16)28(31(41-2)44-26)43-14-17-11-7-4-8-12-17/h3-12,24-28,31,38H,13-14H2,1-2H3/t24-,25?,26-,27-,28+,31-/m0/s1.